The maximum absolute atomic E-state index is 12.3. The van der Waals surface area contributed by atoms with Crippen molar-refractivity contribution in [3.05, 3.63) is 24.3 Å². The van der Waals surface area contributed by atoms with E-state index in [1.807, 2.05) is 31.2 Å². The number of hydrogen-bond donors (Lipinski definition) is 3. The molecule has 1 amide bonds. The molecule has 8 heteroatoms. The molecule has 0 bridgehead atoms. The van der Waals surface area contributed by atoms with Crippen molar-refractivity contribution in [3.63, 3.8) is 0 Å². The molecule has 1 atom stereocenters. The van der Waals surface area contributed by atoms with Gasteiger partial charge in [0.25, 0.3) is 0 Å². The SMILES string of the molecule is CCOC(CSc1ccccc1NC(=O)CCCCCCCCC(=O)O)CC(=O)O. The van der Waals surface area contributed by atoms with E-state index in [1.165, 1.54) is 11.8 Å². The predicted octanol–water partition coefficient (Wildman–Crippen LogP) is 4.80. The first kappa shape index (κ1) is 26.0. The van der Waals surface area contributed by atoms with Gasteiger partial charge in [-0.25, -0.2) is 0 Å². The van der Waals surface area contributed by atoms with Crippen LogP contribution in [0.2, 0.25) is 0 Å². The predicted molar refractivity (Wildman–Crippen MR) is 118 cm³/mol. The first-order valence-corrected chi connectivity index (χ1v) is 11.5. The van der Waals surface area contributed by atoms with E-state index < -0.39 is 11.9 Å². The van der Waals surface area contributed by atoms with Crippen LogP contribution in [0.25, 0.3) is 0 Å². The molecule has 1 aromatic carbocycles. The van der Waals surface area contributed by atoms with Crippen LogP contribution in [0, 0.1) is 0 Å². The summed E-state index contributed by atoms with van der Waals surface area (Å²) in [5, 5.41) is 20.5. The van der Waals surface area contributed by atoms with Crippen molar-refractivity contribution >= 4 is 35.3 Å². The number of nitrogens with one attached hydrogen (secondary N) is 1. The van der Waals surface area contributed by atoms with E-state index in [4.69, 9.17) is 14.9 Å². The number of hydrogen-bond acceptors (Lipinski definition) is 5. The van der Waals surface area contributed by atoms with Crippen LogP contribution in [0.4, 0.5) is 5.69 Å². The highest BCUT2D eigenvalue weighted by Crippen LogP contribution is 2.28. The standard InChI is InChI=1S/C22H33NO6S/c1-2-29-17(15-22(27)28)16-30-19-12-10-9-11-18(19)23-20(24)13-7-5-3-4-6-8-14-21(25)26/h9-12,17H,2-8,13-16H2,1H3,(H,23,24)(H,25,26)(H,27,28). The molecule has 0 saturated heterocycles. The summed E-state index contributed by atoms with van der Waals surface area (Å²) >= 11 is 1.48. The number of unbranched alkanes of at least 4 members (excludes halogenated alkanes) is 5. The molecule has 0 heterocycles. The molecule has 7 nitrogen and oxygen atoms in total. The molecular formula is C22H33NO6S. The van der Waals surface area contributed by atoms with E-state index in [2.05, 4.69) is 5.32 Å². The number of carboxylic acids is 2. The van der Waals surface area contributed by atoms with Crippen molar-refractivity contribution in [2.24, 2.45) is 0 Å². The third-order valence-electron chi connectivity index (χ3n) is 4.44. The summed E-state index contributed by atoms with van der Waals surface area (Å²) in [5.41, 5.74) is 0.728. The molecule has 0 aliphatic rings. The molecule has 0 fully saturated rings. The van der Waals surface area contributed by atoms with Gasteiger partial charge in [-0.3, -0.25) is 14.4 Å². The topological polar surface area (TPSA) is 113 Å². The number of thioether (sulfide) groups is 1. The summed E-state index contributed by atoms with van der Waals surface area (Å²) in [4.78, 5) is 34.6. The van der Waals surface area contributed by atoms with Crippen LogP contribution in [0.15, 0.2) is 29.2 Å². The van der Waals surface area contributed by atoms with Crippen LogP contribution in [-0.2, 0) is 19.1 Å². The van der Waals surface area contributed by atoms with Gasteiger partial charge in [-0.2, -0.15) is 0 Å². The Labute approximate surface area is 182 Å². The van der Waals surface area contributed by atoms with Crippen LogP contribution >= 0.6 is 11.8 Å². The highest BCUT2D eigenvalue weighted by atomic mass is 32.2. The van der Waals surface area contributed by atoms with Gasteiger partial charge >= 0.3 is 11.9 Å². The number of benzene rings is 1. The maximum atomic E-state index is 12.3. The minimum atomic E-state index is -0.891. The van der Waals surface area contributed by atoms with Gasteiger partial charge in [-0.1, -0.05) is 37.8 Å². The summed E-state index contributed by atoms with van der Waals surface area (Å²) in [6, 6.07) is 7.49. The van der Waals surface area contributed by atoms with E-state index in [1.54, 1.807) is 0 Å². The normalized spacial score (nSPS) is 11.8. The lowest BCUT2D eigenvalue weighted by Crippen LogP contribution is -2.20. The zero-order valence-electron chi connectivity index (χ0n) is 17.6. The maximum Gasteiger partial charge on any atom is 0.306 e. The van der Waals surface area contributed by atoms with E-state index in [-0.39, 0.29) is 24.9 Å². The molecule has 0 aliphatic carbocycles. The van der Waals surface area contributed by atoms with Crippen molar-refractivity contribution in [3.8, 4) is 0 Å². The number of para-hydroxylation sites is 1. The van der Waals surface area contributed by atoms with Crippen LogP contribution in [-0.4, -0.2) is 46.5 Å². The Kier molecular flexibility index (Phi) is 13.6. The van der Waals surface area contributed by atoms with E-state index in [0.29, 0.717) is 25.2 Å². The average molecular weight is 440 g/mol. The molecule has 168 valence electrons. The summed E-state index contributed by atoms with van der Waals surface area (Å²) < 4.78 is 5.49. The number of carboxylic acid groups (broad SMARTS) is 2. The van der Waals surface area contributed by atoms with Crippen LogP contribution in [0.3, 0.4) is 0 Å². The molecule has 0 saturated carbocycles. The fourth-order valence-electron chi connectivity index (χ4n) is 2.96. The Bertz CT molecular complexity index is 667. The second kappa shape index (κ2) is 15.7. The third-order valence-corrected chi connectivity index (χ3v) is 5.64. The van der Waals surface area contributed by atoms with Gasteiger partial charge in [0, 0.05) is 30.1 Å². The highest BCUT2D eigenvalue weighted by molar-refractivity contribution is 7.99. The molecule has 0 aromatic heterocycles. The van der Waals surface area contributed by atoms with Crippen LogP contribution in [0.1, 0.15) is 64.7 Å². The number of aliphatic carboxylic acids is 2. The van der Waals surface area contributed by atoms with E-state index in [0.717, 1.165) is 42.7 Å². The fourth-order valence-corrected chi connectivity index (χ4v) is 3.99. The lowest BCUT2D eigenvalue weighted by atomic mass is 10.1. The Morgan fingerprint density at radius 3 is 2.23 bits per heavy atom. The Balaban J connectivity index is 2.36. The molecule has 1 aromatic rings. The number of amides is 1. The summed E-state index contributed by atoms with van der Waals surface area (Å²) in [6.45, 7) is 2.29. The molecule has 30 heavy (non-hydrogen) atoms. The van der Waals surface area contributed by atoms with E-state index >= 15 is 0 Å². The molecule has 1 rings (SSSR count). The number of carbonyl (C=O) groups is 3. The molecule has 1 unspecified atom stereocenters. The quantitative estimate of drug-likeness (QED) is 0.236. The van der Waals surface area contributed by atoms with E-state index in [9.17, 15) is 14.4 Å². The zero-order valence-corrected chi connectivity index (χ0v) is 18.4. The molecule has 0 aliphatic heterocycles. The number of anilines is 1. The summed E-state index contributed by atoms with van der Waals surface area (Å²) in [5.74, 6) is -1.19. The summed E-state index contributed by atoms with van der Waals surface area (Å²) in [6.07, 6.45) is 5.59. The minimum absolute atomic E-state index is 0.0409. The number of rotatable bonds is 17. The smallest absolute Gasteiger partial charge is 0.306 e. The van der Waals surface area contributed by atoms with Crippen molar-refractivity contribution in [1.29, 1.82) is 0 Å². The second-order valence-electron chi connectivity index (χ2n) is 7.05. The van der Waals surface area contributed by atoms with Gasteiger partial charge < -0.3 is 20.3 Å². The van der Waals surface area contributed by atoms with Crippen LogP contribution < -0.4 is 5.32 Å². The minimum Gasteiger partial charge on any atom is -0.481 e. The number of ether oxygens (including phenoxy) is 1. The highest BCUT2D eigenvalue weighted by Gasteiger charge is 2.15. The third kappa shape index (κ3) is 12.5. The van der Waals surface area contributed by atoms with Gasteiger partial charge in [-0.05, 0) is 31.9 Å². The van der Waals surface area contributed by atoms with Gasteiger partial charge in [0.15, 0.2) is 0 Å². The number of carbonyl (C=O) groups excluding carboxylic acids is 1. The van der Waals surface area contributed by atoms with Crippen molar-refractivity contribution in [1.82, 2.24) is 0 Å². The van der Waals surface area contributed by atoms with Crippen molar-refractivity contribution < 1.29 is 29.3 Å². The van der Waals surface area contributed by atoms with Crippen molar-refractivity contribution in [2.45, 2.75) is 75.7 Å². The first-order chi connectivity index (χ1) is 14.4. The fraction of sp³-hybridized carbons (Fsp3) is 0.591. The largest absolute Gasteiger partial charge is 0.481 e. The lowest BCUT2D eigenvalue weighted by Gasteiger charge is -2.16. The monoisotopic (exact) mass is 439 g/mol. The molecule has 0 radical (unpaired) electrons. The Morgan fingerprint density at radius 1 is 0.967 bits per heavy atom. The van der Waals surface area contributed by atoms with Gasteiger partial charge in [-0.15, -0.1) is 11.8 Å². The first-order valence-electron chi connectivity index (χ1n) is 10.5. The average Bonchev–Trinajstić information content (AvgIpc) is 2.68. The molecular weight excluding hydrogens is 406 g/mol. The van der Waals surface area contributed by atoms with Crippen molar-refractivity contribution in [2.75, 3.05) is 17.7 Å². The lowest BCUT2D eigenvalue weighted by molar-refractivity contribution is -0.140. The molecule has 3 N–H and O–H groups in total. The Morgan fingerprint density at radius 2 is 1.60 bits per heavy atom. The second-order valence-corrected chi connectivity index (χ2v) is 8.11. The molecule has 0 spiro atoms. The van der Waals surface area contributed by atoms with Gasteiger partial charge in [0.1, 0.15) is 0 Å². The van der Waals surface area contributed by atoms with Gasteiger partial charge in [0.2, 0.25) is 5.91 Å². The zero-order chi connectivity index (χ0) is 22.2. The van der Waals surface area contributed by atoms with Crippen LogP contribution in [0.5, 0.6) is 0 Å². The Hall–Kier alpha value is -2.06. The van der Waals surface area contributed by atoms with Gasteiger partial charge in [0.05, 0.1) is 18.2 Å². The summed E-state index contributed by atoms with van der Waals surface area (Å²) in [7, 11) is 0.